The van der Waals surface area contributed by atoms with Gasteiger partial charge in [0.2, 0.25) is 0 Å². The predicted octanol–water partition coefficient (Wildman–Crippen LogP) is -4.45. The van der Waals surface area contributed by atoms with Crippen LogP contribution in [0.15, 0.2) is 12.7 Å². The first-order chi connectivity index (χ1) is 10.5. The van der Waals surface area contributed by atoms with Crippen molar-refractivity contribution in [2.45, 2.75) is 24.5 Å². The molecule has 11 nitrogen and oxygen atoms in total. The Morgan fingerprint density at radius 3 is 2.83 bits per heavy atom. The Morgan fingerprint density at radius 2 is 2.09 bits per heavy atom. The largest absolute Gasteiger partial charge is 1.00 e. The van der Waals surface area contributed by atoms with Crippen LogP contribution in [0, 0.1) is 0 Å². The minimum atomic E-state index is -4.41. The van der Waals surface area contributed by atoms with Gasteiger partial charge in [-0.2, -0.15) is 0 Å². The number of aromatic nitrogens is 4. The average Bonchev–Trinajstić information content (AvgIpc) is 3.10. The molecule has 4 heterocycles. The van der Waals surface area contributed by atoms with Crippen LogP contribution in [0.3, 0.4) is 0 Å². The van der Waals surface area contributed by atoms with Gasteiger partial charge in [-0.25, -0.2) is 15.0 Å². The second-order valence-electron chi connectivity index (χ2n) is 4.92. The van der Waals surface area contributed by atoms with E-state index in [-0.39, 0.29) is 35.4 Å². The van der Waals surface area contributed by atoms with Gasteiger partial charge in [0.25, 0.3) is 7.82 Å². The summed E-state index contributed by atoms with van der Waals surface area (Å²) in [5, 5.41) is 9.33. The zero-order valence-corrected chi connectivity index (χ0v) is 14.9. The summed E-state index contributed by atoms with van der Waals surface area (Å²) in [6.07, 6.45) is -0.906. The number of rotatable bonds is 2. The number of phosphoric acid groups is 1. The monoisotopic (exact) mass is 351 g/mol. The van der Waals surface area contributed by atoms with E-state index in [1.54, 1.807) is 0 Å². The Morgan fingerprint density at radius 1 is 1.35 bits per heavy atom. The Labute approximate surface area is 151 Å². The summed E-state index contributed by atoms with van der Waals surface area (Å²) in [6.45, 7) is -0.412. The number of aliphatic hydroxyl groups is 1. The third kappa shape index (κ3) is 2.72. The Kier molecular flexibility index (Phi) is 4.51. The number of ether oxygens (including phenoxy) is 1. The molecule has 3 N–H and O–H groups in total. The van der Waals surface area contributed by atoms with E-state index >= 15 is 0 Å². The number of phosphoric ester groups is 1. The molecule has 0 saturated carbocycles. The van der Waals surface area contributed by atoms with Crippen molar-refractivity contribution in [2.75, 3.05) is 12.3 Å². The van der Waals surface area contributed by atoms with E-state index in [0.717, 1.165) is 0 Å². The average molecular weight is 351 g/mol. The molecule has 0 radical (unpaired) electrons. The van der Waals surface area contributed by atoms with Crippen LogP contribution in [0.25, 0.3) is 11.2 Å². The first kappa shape index (κ1) is 17.2. The van der Waals surface area contributed by atoms with Gasteiger partial charge in [-0.1, -0.05) is 0 Å². The minimum Gasteiger partial charge on any atom is -0.756 e. The van der Waals surface area contributed by atoms with E-state index in [1.807, 2.05) is 0 Å². The maximum atomic E-state index is 11.5. The van der Waals surface area contributed by atoms with E-state index in [0.29, 0.717) is 11.2 Å². The number of fused-ring (bicyclic) bond motifs is 2. The van der Waals surface area contributed by atoms with Crippen molar-refractivity contribution in [3.63, 3.8) is 0 Å². The van der Waals surface area contributed by atoms with Crippen molar-refractivity contribution in [1.29, 1.82) is 0 Å². The summed E-state index contributed by atoms with van der Waals surface area (Å²) < 4.78 is 28.4. The van der Waals surface area contributed by atoms with Gasteiger partial charge in [-0.3, -0.25) is 9.13 Å². The SMILES string of the molecule is Nc1ncnc2c1ncn2[C@@H]1O[C@H](CO)[C@H]2OP(=O)([O-])O[C@@H]21.[Na+]. The zero-order chi connectivity index (χ0) is 15.5. The number of anilines is 1. The van der Waals surface area contributed by atoms with Gasteiger partial charge in [0.1, 0.15) is 30.2 Å². The molecule has 2 saturated heterocycles. The fourth-order valence-electron chi connectivity index (χ4n) is 2.70. The van der Waals surface area contributed by atoms with Gasteiger partial charge in [0.15, 0.2) is 17.7 Å². The Bertz CT molecular complexity index is 788. The molecular formula is C10H11N5NaO6P. The number of hydrogen-bond acceptors (Lipinski definition) is 10. The van der Waals surface area contributed by atoms with Gasteiger partial charge in [-0.05, 0) is 0 Å². The first-order valence-corrected chi connectivity index (χ1v) is 7.83. The predicted molar refractivity (Wildman–Crippen MR) is 68.1 cm³/mol. The van der Waals surface area contributed by atoms with Crippen LogP contribution in [0.4, 0.5) is 5.82 Å². The molecular weight excluding hydrogens is 340 g/mol. The normalized spacial score (nSPS) is 36.1. The summed E-state index contributed by atoms with van der Waals surface area (Å²) in [7, 11) is -4.41. The maximum Gasteiger partial charge on any atom is 1.00 e. The van der Waals surface area contributed by atoms with Crippen molar-refractivity contribution in [2.24, 2.45) is 0 Å². The van der Waals surface area contributed by atoms with Gasteiger partial charge >= 0.3 is 29.6 Å². The molecule has 2 aliphatic heterocycles. The quantitative estimate of drug-likeness (QED) is 0.399. The van der Waals surface area contributed by atoms with Gasteiger partial charge in [0.05, 0.1) is 12.9 Å². The van der Waals surface area contributed by atoms with Crippen molar-refractivity contribution in [3.05, 3.63) is 12.7 Å². The Balaban J connectivity index is 0.00000156. The number of nitrogen functional groups attached to an aromatic ring is 1. The molecule has 1 unspecified atom stereocenters. The van der Waals surface area contributed by atoms with E-state index in [2.05, 4.69) is 15.0 Å². The van der Waals surface area contributed by atoms with E-state index in [1.165, 1.54) is 17.2 Å². The summed E-state index contributed by atoms with van der Waals surface area (Å²) in [5.74, 6) is 0.190. The van der Waals surface area contributed by atoms with Gasteiger partial charge in [0, 0.05) is 0 Å². The second kappa shape index (κ2) is 6.03. The topological polar surface area (TPSA) is 158 Å². The van der Waals surface area contributed by atoms with Crippen LogP contribution < -0.4 is 40.2 Å². The number of aliphatic hydroxyl groups excluding tert-OH is 1. The zero-order valence-electron chi connectivity index (χ0n) is 12.0. The number of nitrogens with two attached hydrogens (primary N) is 1. The van der Waals surface area contributed by atoms with Gasteiger partial charge < -0.3 is 29.5 Å². The molecule has 13 heteroatoms. The fourth-order valence-corrected chi connectivity index (χ4v) is 3.82. The van der Waals surface area contributed by atoms with E-state index < -0.39 is 39.0 Å². The molecule has 5 atom stereocenters. The van der Waals surface area contributed by atoms with E-state index in [4.69, 9.17) is 19.5 Å². The smallest absolute Gasteiger partial charge is 0.756 e. The third-order valence-electron chi connectivity index (χ3n) is 3.63. The molecule has 0 amide bonds. The number of imidazole rings is 1. The number of nitrogens with zero attached hydrogens (tertiary/aromatic N) is 4. The molecule has 2 aromatic rings. The summed E-state index contributed by atoms with van der Waals surface area (Å²) in [4.78, 5) is 23.5. The van der Waals surface area contributed by atoms with Gasteiger partial charge in [-0.15, -0.1) is 0 Å². The van der Waals surface area contributed by atoms with Crippen LogP contribution in [-0.2, 0) is 18.3 Å². The molecule has 2 fully saturated rings. The van der Waals surface area contributed by atoms with Crippen molar-refractivity contribution >= 4 is 24.8 Å². The maximum absolute atomic E-state index is 11.5. The molecule has 0 bridgehead atoms. The van der Waals surface area contributed by atoms with Crippen molar-refractivity contribution in [1.82, 2.24) is 19.5 Å². The Hall–Kier alpha value is -0.620. The van der Waals surface area contributed by atoms with Crippen LogP contribution in [-0.4, -0.2) is 49.5 Å². The standard InChI is InChI=1S/C10H12N5O6P.Na/c11-8-5-9(13-2-12-8)15(3-14-5)10-7-6(4(1-16)19-10)20-22(17,18)21-7;/h2-4,6-7,10,16H,1H2,(H,17,18)(H2,11,12,13);/q;+1/p-1/t4-,6-,7+,10-;/m1./s1. The first-order valence-electron chi connectivity index (χ1n) is 6.37. The fraction of sp³-hybridized carbons (Fsp3) is 0.500. The molecule has 0 aliphatic carbocycles. The molecule has 23 heavy (non-hydrogen) atoms. The minimum absolute atomic E-state index is 0. The van der Waals surface area contributed by atoms with Crippen molar-refractivity contribution in [3.8, 4) is 0 Å². The molecule has 2 aromatic heterocycles. The summed E-state index contributed by atoms with van der Waals surface area (Å²) in [6, 6.07) is 0. The van der Waals surface area contributed by atoms with Crippen LogP contribution in [0.2, 0.25) is 0 Å². The number of hydrogen-bond donors (Lipinski definition) is 2. The molecule has 118 valence electrons. The van der Waals surface area contributed by atoms with E-state index in [9.17, 15) is 14.6 Å². The third-order valence-corrected chi connectivity index (χ3v) is 4.63. The summed E-state index contributed by atoms with van der Waals surface area (Å²) in [5.41, 5.74) is 6.44. The second-order valence-corrected chi connectivity index (χ2v) is 6.23. The van der Waals surface area contributed by atoms with Crippen LogP contribution in [0.5, 0.6) is 0 Å². The molecule has 0 aromatic carbocycles. The molecule has 2 aliphatic rings. The van der Waals surface area contributed by atoms with Crippen LogP contribution >= 0.6 is 7.82 Å². The van der Waals surface area contributed by atoms with Crippen LogP contribution in [0.1, 0.15) is 6.23 Å². The molecule has 4 rings (SSSR count). The summed E-state index contributed by atoms with van der Waals surface area (Å²) >= 11 is 0. The molecule has 0 spiro atoms. The van der Waals surface area contributed by atoms with Crippen molar-refractivity contribution < 1.29 is 57.9 Å².